The van der Waals surface area contributed by atoms with Crippen LogP contribution in [-0.4, -0.2) is 13.6 Å². The molecular weight excluding hydrogens is 435 g/mol. The Bertz CT molecular complexity index is 387. The van der Waals surface area contributed by atoms with Crippen LogP contribution in [0.15, 0.2) is 30.3 Å². The molecule has 0 saturated carbocycles. The molecule has 0 fully saturated rings. The molecule has 0 amide bonds. The predicted molar refractivity (Wildman–Crippen MR) is 66.0 cm³/mol. The maximum absolute atomic E-state index is 7.75. The van der Waals surface area contributed by atoms with Gasteiger partial charge in [-0.15, -0.1) is 0 Å². The van der Waals surface area contributed by atoms with E-state index in [9.17, 15) is 0 Å². The van der Waals surface area contributed by atoms with Gasteiger partial charge in [0.1, 0.15) is 0 Å². The standard InChI is InChI=1S/C6H5N.C2H3N.2CHO.2ClH.W/c7-6-4-2-1-3-5-6;1-2-3;2*1-2;;;/h1-5H;1H3;2*1H;2*1H;/q+1;;2*-1;;;+2/p-2. The Hall–Kier alpha value is -0.972. The first-order valence-corrected chi connectivity index (χ1v) is 12.4. The summed E-state index contributed by atoms with van der Waals surface area (Å²) in [5, 5.41) is 7.32. The zero-order valence-corrected chi connectivity index (χ0v) is 13.4. The quantitative estimate of drug-likeness (QED) is 0.454. The van der Waals surface area contributed by atoms with Crippen molar-refractivity contribution < 1.29 is 24.5 Å². The number of hydrogen-bond acceptors (Lipinski definition) is 3. The fourth-order valence-corrected chi connectivity index (χ4v) is 2.88. The van der Waals surface area contributed by atoms with E-state index in [1.54, 1.807) is 6.07 Å². The van der Waals surface area contributed by atoms with Crippen LogP contribution in [0.5, 0.6) is 0 Å². The number of halogens is 2. The summed E-state index contributed by atoms with van der Waals surface area (Å²) in [6, 6.07) is 11.3. The van der Waals surface area contributed by atoms with Crippen LogP contribution < -0.4 is 0 Å². The van der Waals surface area contributed by atoms with Crippen LogP contribution in [0.1, 0.15) is 6.92 Å². The Morgan fingerprint density at radius 3 is 1.82 bits per heavy atom. The van der Waals surface area contributed by atoms with Gasteiger partial charge in [-0.25, -0.2) is 0 Å². The van der Waals surface area contributed by atoms with Crippen LogP contribution in [0.2, 0.25) is 0 Å². The number of hydrogen-bond donors (Lipinski definition) is 0. The molecule has 0 N–H and O–H groups in total. The van der Waals surface area contributed by atoms with E-state index in [1.807, 2.05) is 30.3 Å². The molecular formula is C10H10Cl2N2O2W-. The van der Waals surface area contributed by atoms with Crippen LogP contribution in [-0.2, 0) is 24.5 Å². The molecule has 0 aliphatic rings. The second kappa shape index (κ2) is 20.4. The fraction of sp³-hybridized carbons (Fsp3) is 0.100. The van der Waals surface area contributed by atoms with E-state index in [0.717, 1.165) is 5.69 Å². The van der Waals surface area contributed by atoms with Crippen molar-refractivity contribution in [1.82, 2.24) is 0 Å². The second-order valence-electron chi connectivity index (χ2n) is 1.85. The Labute approximate surface area is 114 Å². The number of nitrogens with zero attached hydrogens (tertiary/aromatic N) is 2. The summed E-state index contributed by atoms with van der Waals surface area (Å²) in [7, 11) is 11.2. The van der Waals surface area contributed by atoms with Gasteiger partial charge < -0.3 is 9.59 Å². The van der Waals surface area contributed by atoms with E-state index in [-0.39, 0.29) is 0 Å². The summed E-state index contributed by atoms with van der Waals surface area (Å²) < 4.78 is 4.08. The van der Waals surface area contributed by atoms with E-state index >= 15 is 0 Å². The minimum atomic E-state index is -2.29. The van der Waals surface area contributed by atoms with Gasteiger partial charge in [-0.1, -0.05) is 0 Å². The van der Waals surface area contributed by atoms with Gasteiger partial charge in [0.15, 0.2) is 0 Å². The maximum atomic E-state index is 7.75. The van der Waals surface area contributed by atoms with Crippen molar-refractivity contribution in [2.45, 2.75) is 6.92 Å². The van der Waals surface area contributed by atoms with Crippen molar-refractivity contribution in [3.8, 4) is 6.07 Å². The van der Waals surface area contributed by atoms with E-state index in [0.29, 0.717) is 0 Å². The van der Waals surface area contributed by atoms with Crippen LogP contribution >= 0.6 is 18.8 Å². The Balaban J connectivity index is -0.000000239. The molecule has 4 nitrogen and oxygen atoms in total. The average Bonchev–Trinajstić information content (AvgIpc) is 2.36. The van der Waals surface area contributed by atoms with Crippen molar-refractivity contribution in [2.75, 3.05) is 0 Å². The van der Waals surface area contributed by atoms with Gasteiger partial charge in [-0.2, -0.15) is 5.26 Å². The van der Waals surface area contributed by atoms with Crippen LogP contribution in [0, 0.1) is 11.3 Å². The summed E-state index contributed by atoms with van der Waals surface area (Å²) in [5.41, 5.74) is 0.890. The molecule has 0 saturated heterocycles. The molecule has 0 bridgehead atoms. The Morgan fingerprint density at radius 1 is 1.18 bits per heavy atom. The number of carbonyl (C=O) groups excluding carboxylic acids is 2. The fourth-order valence-electron chi connectivity index (χ4n) is 0.569. The molecule has 17 heavy (non-hydrogen) atoms. The first-order chi connectivity index (χ1) is 8.20. The molecule has 1 aromatic carbocycles. The summed E-state index contributed by atoms with van der Waals surface area (Å²) in [4.78, 5) is 15.5. The van der Waals surface area contributed by atoms with Gasteiger partial charge in [0, 0.05) is 6.92 Å². The SMILES string of the molecule is CC#N.[CH-]=O.[CH-]=O.[Cl][W]([Cl])#[N+]c1ccccc1. The van der Waals surface area contributed by atoms with Crippen molar-refractivity contribution in [3.05, 3.63) is 33.6 Å². The summed E-state index contributed by atoms with van der Waals surface area (Å²) in [6.07, 6.45) is 0. The zero-order valence-electron chi connectivity index (χ0n) is 8.92. The molecule has 0 spiro atoms. The summed E-state index contributed by atoms with van der Waals surface area (Å²) in [5.74, 6) is 0. The minimum absolute atomic E-state index is 0.890. The van der Waals surface area contributed by atoms with Crippen molar-refractivity contribution in [3.63, 3.8) is 0 Å². The first-order valence-electron chi connectivity index (χ1n) is 3.82. The predicted octanol–water partition coefficient (Wildman–Crippen LogP) is 3.51. The number of benzene rings is 1. The summed E-state index contributed by atoms with van der Waals surface area (Å²) in [6.45, 7) is 7.93. The molecule has 0 aliphatic carbocycles. The molecule has 93 valence electrons. The second-order valence-corrected chi connectivity index (χ2v) is 9.99. The van der Waals surface area contributed by atoms with E-state index in [1.165, 1.54) is 6.92 Å². The molecule has 0 unspecified atom stereocenters. The van der Waals surface area contributed by atoms with Crippen molar-refractivity contribution in [2.24, 2.45) is 0 Å². The molecule has 0 radical (unpaired) electrons. The molecule has 1 rings (SSSR count). The molecule has 0 aromatic heterocycles. The third kappa shape index (κ3) is 21.0. The van der Waals surface area contributed by atoms with Gasteiger partial charge in [0.05, 0.1) is 6.07 Å². The van der Waals surface area contributed by atoms with Crippen LogP contribution in [0.25, 0.3) is 3.31 Å². The van der Waals surface area contributed by atoms with Gasteiger partial charge in [-0.05, 0) is 0 Å². The molecule has 0 atom stereocenters. The Morgan fingerprint density at radius 2 is 1.53 bits per heavy atom. The number of nitriles is 1. The molecule has 7 heteroatoms. The monoisotopic (exact) mass is 444 g/mol. The molecule has 0 heterocycles. The zero-order chi connectivity index (χ0) is 14.1. The van der Waals surface area contributed by atoms with Crippen molar-refractivity contribution >= 4 is 38.1 Å². The topological polar surface area (TPSA) is 62.3 Å². The summed E-state index contributed by atoms with van der Waals surface area (Å²) >= 11 is -2.29. The van der Waals surface area contributed by atoms with E-state index < -0.39 is 14.9 Å². The molecule has 0 aliphatic heterocycles. The average molecular weight is 445 g/mol. The van der Waals surface area contributed by atoms with E-state index in [2.05, 4.69) is 16.9 Å². The van der Waals surface area contributed by atoms with Gasteiger partial charge >= 0.3 is 73.0 Å². The van der Waals surface area contributed by atoms with Crippen molar-refractivity contribution in [1.29, 1.82) is 5.26 Å². The van der Waals surface area contributed by atoms with E-state index in [4.69, 9.17) is 33.7 Å². The van der Waals surface area contributed by atoms with Gasteiger partial charge in [0.25, 0.3) is 0 Å². The van der Waals surface area contributed by atoms with Crippen LogP contribution in [0.3, 0.4) is 0 Å². The third-order valence-electron chi connectivity index (χ3n) is 0.931. The molecule has 1 aromatic rings. The van der Waals surface area contributed by atoms with Gasteiger partial charge in [0.2, 0.25) is 0 Å². The first kappa shape index (κ1) is 21.3. The third-order valence-corrected chi connectivity index (χ3v) is 3.31. The normalized spacial score (nSPS) is 6.00. The number of rotatable bonds is 0. The van der Waals surface area contributed by atoms with Crippen LogP contribution in [0.4, 0.5) is 5.69 Å². The van der Waals surface area contributed by atoms with Gasteiger partial charge in [-0.3, -0.25) is 13.6 Å². The Kier molecular flexibility index (Phi) is 25.6.